The molecule has 116 valence electrons. The Hall–Kier alpha value is -1.72. The van der Waals surface area contributed by atoms with Crippen molar-refractivity contribution in [2.75, 3.05) is 13.2 Å². The Morgan fingerprint density at radius 1 is 1.45 bits per heavy atom. The number of rotatable bonds is 5. The van der Waals surface area contributed by atoms with Crippen molar-refractivity contribution in [3.8, 4) is 11.3 Å². The van der Waals surface area contributed by atoms with Crippen molar-refractivity contribution in [1.82, 2.24) is 10.3 Å². The highest BCUT2D eigenvalue weighted by Gasteiger charge is 2.16. The molecule has 1 saturated heterocycles. The first kappa shape index (κ1) is 15.2. The van der Waals surface area contributed by atoms with Crippen LogP contribution in [0.15, 0.2) is 29.0 Å². The van der Waals surface area contributed by atoms with Crippen LogP contribution >= 0.6 is 11.3 Å². The zero-order chi connectivity index (χ0) is 15.4. The maximum atomic E-state index is 12.2. The lowest BCUT2D eigenvalue weighted by Crippen LogP contribution is -2.27. The lowest BCUT2D eigenvalue weighted by Gasteiger charge is -2.11. The molecule has 1 aliphatic rings. The third-order valence-corrected chi connectivity index (χ3v) is 4.61. The standard InChI is InChI=1S/C17H20N2O2S/c1-12-15(4-5-16(19-12)13-7-10-22-11-13)17(20)18-8-6-14-3-2-9-21-14/h4-5,7,10-11,14H,2-3,6,8-9H2,1H3,(H,18,20)/t14-/m1/s1. The molecule has 0 unspecified atom stereocenters. The molecule has 1 aliphatic heterocycles. The molecule has 0 spiro atoms. The molecule has 2 aromatic heterocycles. The van der Waals surface area contributed by atoms with Crippen LogP contribution in [0.4, 0.5) is 0 Å². The molecule has 1 N–H and O–H groups in total. The lowest BCUT2D eigenvalue weighted by atomic mass is 10.1. The van der Waals surface area contributed by atoms with E-state index in [0.29, 0.717) is 18.2 Å². The van der Waals surface area contributed by atoms with Gasteiger partial charge < -0.3 is 10.1 Å². The van der Waals surface area contributed by atoms with Crippen molar-refractivity contribution >= 4 is 17.2 Å². The van der Waals surface area contributed by atoms with Crippen molar-refractivity contribution in [2.24, 2.45) is 0 Å². The van der Waals surface area contributed by atoms with Gasteiger partial charge in [0.25, 0.3) is 5.91 Å². The zero-order valence-corrected chi connectivity index (χ0v) is 13.5. The van der Waals surface area contributed by atoms with Gasteiger partial charge in [-0.15, -0.1) is 0 Å². The van der Waals surface area contributed by atoms with Crippen LogP contribution in [0.1, 0.15) is 35.3 Å². The van der Waals surface area contributed by atoms with Gasteiger partial charge in [-0.3, -0.25) is 9.78 Å². The molecule has 0 aromatic carbocycles. The molecule has 1 fully saturated rings. The molecule has 3 heterocycles. The van der Waals surface area contributed by atoms with Crippen LogP contribution < -0.4 is 5.32 Å². The van der Waals surface area contributed by atoms with Gasteiger partial charge in [0.1, 0.15) is 0 Å². The summed E-state index contributed by atoms with van der Waals surface area (Å²) in [5.41, 5.74) is 3.41. The molecule has 22 heavy (non-hydrogen) atoms. The van der Waals surface area contributed by atoms with E-state index in [1.165, 1.54) is 0 Å². The quantitative estimate of drug-likeness (QED) is 0.919. The van der Waals surface area contributed by atoms with Gasteiger partial charge in [0, 0.05) is 24.1 Å². The van der Waals surface area contributed by atoms with Crippen LogP contribution in [-0.4, -0.2) is 30.1 Å². The van der Waals surface area contributed by atoms with Crippen molar-refractivity contribution < 1.29 is 9.53 Å². The number of thiophene rings is 1. The van der Waals surface area contributed by atoms with Crippen molar-refractivity contribution in [3.05, 3.63) is 40.2 Å². The van der Waals surface area contributed by atoms with E-state index >= 15 is 0 Å². The van der Waals surface area contributed by atoms with Crippen LogP contribution in [0.2, 0.25) is 0 Å². The summed E-state index contributed by atoms with van der Waals surface area (Å²) in [5.74, 6) is -0.0557. The first-order valence-electron chi connectivity index (χ1n) is 7.64. The van der Waals surface area contributed by atoms with Gasteiger partial charge in [-0.05, 0) is 49.8 Å². The van der Waals surface area contributed by atoms with Gasteiger partial charge in [0.15, 0.2) is 0 Å². The van der Waals surface area contributed by atoms with Gasteiger partial charge in [0.05, 0.1) is 23.1 Å². The Bertz CT molecular complexity index is 634. The van der Waals surface area contributed by atoms with Crippen LogP contribution in [0.3, 0.4) is 0 Å². The third-order valence-electron chi connectivity index (χ3n) is 3.92. The molecule has 3 rings (SSSR count). The number of nitrogens with zero attached hydrogens (tertiary/aromatic N) is 1. The van der Waals surface area contributed by atoms with Gasteiger partial charge in [-0.2, -0.15) is 11.3 Å². The van der Waals surface area contributed by atoms with Crippen LogP contribution in [-0.2, 0) is 4.74 Å². The van der Waals surface area contributed by atoms with Crippen LogP contribution in [0.25, 0.3) is 11.3 Å². The molecule has 0 radical (unpaired) electrons. The van der Waals surface area contributed by atoms with E-state index in [0.717, 1.165) is 42.8 Å². The fourth-order valence-corrected chi connectivity index (χ4v) is 3.34. The topological polar surface area (TPSA) is 51.2 Å². The molecule has 0 aliphatic carbocycles. The molecule has 1 atom stereocenters. The van der Waals surface area contributed by atoms with E-state index in [4.69, 9.17) is 4.74 Å². The summed E-state index contributed by atoms with van der Waals surface area (Å²) >= 11 is 1.64. The maximum Gasteiger partial charge on any atom is 0.253 e. The number of hydrogen-bond donors (Lipinski definition) is 1. The molecule has 1 amide bonds. The van der Waals surface area contributed by atoms with Crippen LogP contribution in [0.5, 0.6) is 0 Å². The Kier molecular flexibility index (Phi) is 4.85. The molecule has 2 aromatic rings. The Balaban J connectivity index is 1.60. The number of carbonyl (C=O) groups is 1. The summed E-state index contributed by atoms with van der Waals surface area (Å²) in [6.07, 6.45) is 3.42. The minimum Gasteiger partial charge on any atom is -0.378 e. The molecular formula is C17H20N2O2S. The highest BCUT2D eigenvalue weighted by molar-refractivity contribution is 7.08. The molecule has 5 heteroatoms. The maximum absolute atomic E-state index is 12.2. The first-order chi connectivity index (χ1) is 10.7. The fraction of sp³-hybridized carbons (Fsp3) is 0.412. The number of amides is 1. The minimum absolute atomic E-state index is 0.0557. The number of hydrogen-bond acceptors (Lipinski definition) is 4. The van der Waals surface area contributed by atoms with Gasteiger partial charge in [-0.1, -0.05) is 0 Å². The second-order valence-corrected chi connectivity index (χ2v) is 6.30. The average Bonchev–Trinajstić information content (AvgIpc) is 3.20. The van der Waals surface area contributed by atoms with Crippen molar-refractivity contribution in [1.29, 1.82) is 0 Å². The monoisotopic (exact) mass is 316 g/mol. The lowest BCUT2D eigenvalue weighted by molar-refractivity contribution is 0.0906. The summed E-state index contributed by atoms with van der Waals surface area (Å²) in [6.45, 7) is 3.38. The first-order valence-corrected chi connectivity index (χ1v) is 8.58. The average molecular weight is 316 g/mol. The highest BCUT2D eigenvalue weighted by Crippen LogP contribution is 2.21. The van der Waals surface area contributed by atoms with Crippen molar-refractivity contribution in [3.63, 3.8) is 0 Å². The Labute approximate surface area is 134 Å². The van der Waals surface area contributed by atoms with E-state index in [2.05, 4.69) is 15.7 Å². The number of aryl methyl sites for hydroxylation is 1. The second-order valence-electron chi connectivity index (χ2n) is 5.52. The molecule has 0 saturated carbocycles. The van der Waals surface area contributed by atoms with Gasteiger partial charge in [0.2, 0.25) is 0 Å². The van der Waals surface area contributed by atoms with E-state index in [1.807, 2.05) is 30.5 Å². The number of ether oxygens (including phenoxy) is 1. The normalized spacial score (nSPS) is 17.6. The number of nitrogens with one attached hydrogen (secondary N) is 1. The summed E-state index contributed by atoms with van der Waals surface area (Å²) in [4.78, 5) is 16.8. The zero-order valence-electron chi connectivity index (χ0n) is 12.7. The minimum atomic E-state index is -0.0557. The van der Waals surface area contributed by atoms with Gasteiger partial charge >= 0.3 is 0 Å². The predicted molar refractivity (Wildman–Crippen MR) is 88.2 cm³/mol. The summed E-state index contributed by atoms with van der Waals surface area (Å²) < 4.78 is 5.56. The number of aromatic nitrogens is 1. The van der Waals surface area contributed by atoms with Crippen LogP contribution in [0, 0.1) is 6.92 Å². The molecule has 0 bridgehead atoms. The van der Waals surface area contributed by atoms with Crippen molar-refractivity contribution in [2.45, 2.75) is 32.3 Å². The highest BCUT2D eigenvalue weighted by atomic mass is 32.1. The summed E-state index contributed by atoms with van der Waals surface area (Å²) in [6, 6.07) is 5.80. The number of carbonyl (C=O) groups excluding carboxylic acids is 1. The van der Waals surface area contributed by atoms with E-state index in [1.54, 1.807) is 11.3 Å². The van der Waals surface area contributed by atoms with E-state index < -0.39 is 0 Å². The van der Waals surface area contributed by atoms with E-state index in [-0.39, 0.29) is 5.91 Å². The van der Waals surface area contributed by atoms with Gasteiger partial charge in [-0.25, -0.2) is 0 Å². The smallest absolute Gasteiger partial charge is 0.253 e. The second kappa shape index (κ2) is 7.03. The molecule has 4 nitrogen and oxygen atoms in total. The summed E-state index contributed by atoms with van der Waals surface area (Å²) in [5, 5.41) is 7.05. The molecular weight excluding hydrogens is 296 g/mol. The van der Waals surface area contributed by atoms with E-state index in [9.17, 15) is 4.79 Å². The largest absolute Gasteiger partial charge is 0.378 e. The Morgan fingerprint density at radius 2 is 2.36 bits per heavy atom. The Morgan fingerprint density at radius 3 is 3.05 bits per heavy atom. The SMILES string of the molecule is Cc1nc(-c2ccsc2)ccc1C(=O)NCC[C@H]1CCCO1. The predicted octanol–water partition coefficient (Wildman–Crippen LogP) is 3.42. The summed E-state index contributed by atoms with van der Waals surface area (Å²) in [7, 11) is 0. The number of pyridine rings is 1. The fourth-order valence-electron chi connectivity index (χ4n) is 2.69. The third kappa shape index (κ3) is 3.54.